The predicted octanol–water partition coefficient (Wildman–Crippen LogP) is 4.72. The molecular weight excluding hydrogens is 496 g/mol. The van der Waals surface area contributed by atoms with Gasteiger partial charge in [0.1, 0.15) is 11.4 Å². The third kappa shape index (κ3) is 4.52. The zero-order valence-electron chi connectivity index (χ0n) is 23.1. The minimum Gasteiger partial charge on any atom is -0.498 e. The van der Waals surface area contributed by atoms with Gasteiger partial charge in [-0.15, -0.1) is 0 Å². The van der Waals surface area contributed by atoms with Crippen molar-refractivity contribution in [2.24, 2.45) is 0 Å². The second-order valence-corrected chi connectivity index (χ2v) is 9.91. The molecule has 3 heterocycles. The molecule has 0 saturated carbocycles. The molecule has 1 aliphatic carbocycles. The molecule has 2 aromatic rings. The molecular formula is C31H34N2O6. The third-order valence-corrected chi connectivity index (χ3v) is 7.85. The summed E-state index contributed by atoms with van der Waals surface area (Å²) in [7, 11) is 4.68. The summed E-state index contributed by atoms with van der Waals surface area (Å²) in [6, 6.07) is 9.58. The maximum atomic E-state index is 13.8. The van der Waals surface area contributed by atoms with Crippen molar-refractivity contribution < 1.29 is 28.5 Å². The van der Waals surface area contributed by atoms with Gasteiger partial charge in [-0.25, -0.2) is 4.79 Å². The van der Waals surface area contributed by atoms with Crippen LogP contribution in [0.15, 0.2) is 76.9 Å². The smallest absolute Gasteiger partial charge is 0.340 e. The molecule has 2 atom stereocenters. The van der Waals surface area contributed by atoms with Crippen molar-refractivity contribution >= 4 is 28.4 Å². The summed E-state index contributed by atoms with van der Waals surface area (Å²) in [6.45, 7) is 4.68. The molecule has 1 aromatic heterocycles. The van der Waals surface area contributed by atoms with Gasteiger partial charge in [-0.3, -0.25) is 9.78 Å². The molecule has 39 heavy (non-hydrogen) atoms. The van der Waals surface area contributed by atoms with Gasteiger partial charge in [0.15, 0.2) is 0 Å². The molecule has 0 saturated heterocycles. The SMILES string of the molecule is CCOC(=O)C1=C(c2ccnc3ccccc23)C(CCC(=O)OC)N2CCC3=CC(C)(OC)C(OC)=CC3=C12. The molecule has 8 heteroatoms. The van der Waals surface area contributed by atoms with E-state index in [0.717, 1.165) is 45.3 Å². The number of carbonyl (C=O) groups excluding carboxylic acids is 2. The largest absolute Gasteiger partial charge is 0.498 e. The van der Waals surface area contributed by atoms with Gasteiger partial charge in [0.05, 0.1) is 43.7 Å². The van der Waals surface area contributed by atoms with E-state index in [4.69, 9.17) is 18.9 Å². The summed E-state index contributed by atoms with van der Waals surface area (Å²) < 4.78 is 22.2. The van der Waals surface area contributed by atoms with Crippen LogP contribution in [0.1, 0.15) is 38.7 Å². The Balaban J connectivity index is 1.82. The Morgan fingerprint density at radius 1 is 1.15 bits per heavy atom. The number of ether oxygens (including phenoxy) is 4. The van der Waals surface area contributed by atoms with Crippen molar-refractivity contribution in [3.05, 3.63) is 82.4 Å². The lowest BCUT2D eigenvalue weighted by Crippen LogP contribution is -2.38. The number of allylic oxidation sites excluding steroid dienone is 2. The van der Waals surface area contributed by atoms with E-state index >= 15 is 0 Å². The van der Waals surface area contributed by atoms with E-state index in [1.54, 1.807) is 27.3 Å². The van der Waals surface area contributed by atoms with Crippen molar-refractivity contribution in [1.82, 2.24) is 9.88 Å². The second-order valence-electron chi connectivity index (χ2n) is 9.91. The Bertz CT molecular complexity index is 1450. The second kappa shape index (κ2) is 10.7. The molecule has 0 radical (unpaired) electrons. The van der Waals surface area contributed by atoms with Gasteiger partial charge < -0.3 is 23.8 Å². The van der Waals surface area contributed by atoms with Gasteiger partial charge in [-0.2, -0.15) is 0 Å². The van der Waals surface area contributed by atoms with Crippen molar-refractivity contribution in [3.63, 3.8) is 0 Å². The number of hydrogen-bond acceptors (Lipinski definition) is 8. The Labute approximate surface area is 228 Å². The highest BCUT2D eigenvalue weighted by atomic mass is 16.5. The number of hydrogen-bond donors (Lipinski definition) is 0. The van der Waals surface area contributed by atoms with E-state index in [-0.39, 0.29) is 25.0 Å². The fourth-order valence-electron chi connectivity index (χ4n) is 5.96. The van der Waals surface area contributed by atoms with Crippen LogP contribution >= 0.6 is 0 Å². The number of carbonyl (C=O) groups is 2. The maximum absolute atomic E-state index is 13.8. The highest BCUT2D eigenvalue weighted by Crippen LogP contribution is 2.50. The zero-order valence-corrected chi connectivity index (χ0v) is 23.1. The van der Waals surface area contributed by atoms with Gasteiger partial charge in [0.2, 0.25) is 0 Å². The van der Waals surface area contributed by atoms with Crippen LogP contribution in [0.25, 0.3) is 16.5 Å². The Kier molecular flexibility index (Phi) is 7.32. The van der Waals surface area contributed by atoms with Crippen LogP contribution in [-0.4, -0.2) is 67.9 Å². The minimum atomic E-state index is -0.711. The number of rotatable bonds is 8. The van der Waals surface area contributed by atoms with Gasteiger partial charge in [0.25, 0.3) is 0 Å². The molecule has 2 aliphatic heterocycles. The number of para-hydroxylation sites is 1. The molecule has 0 N–H and O–H groups in total. The number of esters is 2. The first-order chi connectivity index (χ1) is 18.9. The molecule has 0 bridgehead atoms. The molecule has 3 aliphatic rings. The Hall–Kier alpha value is -3.91. The topological polar surface area (TPSA) is 87.2 Å². The zero-order chi connectivity index (χ0) is 27.7. The predicted molar refractivity (Wildman–Crippen MR) is 147 cm³/mol. The van der Waals surface area contributed by atoms with E-state index in [2.05, 4.69) is 16.0 Å². The van der Waals surface area contributed by atoms with Crippen molar-refractivity contribution in [3.8, 4) is 0 Å². The first-order valence-corrected chi connectivity index (χ1v) is 13.2. The third-order valence-electron chi connectivity index (χ3n) is 7.85. The van der Waals surface area contributed by atoms with Crippen LogP contribution in [0, 0.1) is 0 Å². The van der Waals surface area contributed by atoms with Crippen molar-refractivity contribution in [1.29, 1.82) is 0 Å². The maximum Gasteiger partial charge on any atom is 0.340 e. The first-order valence-electron chi connectivity index (χ1n) is 13.2. The van der Waals surface area contributed by atoms with Crippen molar-refractivity contribution in [2.75, 3.05) is 34.5 Å². The summed E-state index contributed by atoms with van der Waals surface area (Å²) >= 11 is 0. The fourth-order valence-corrected chi connectivity index (χ4v) is 5.96. The van der Waals surface area contributed by atoms with Gasteiger partial charge in [-0.05, 0) is 67.7 Å². The van der Waals surface area contributed by atoms with Crippen molar-refractivity contribution in [2.45, 2.75) is 44.8 Å². The summed E-state index contributed by atoms with van der Waals surface area (Å²) in [5.74, 6) is -0.0363. The van der Waals surface area contributed by atoms with E-state index < -0.39 is 11.6 Å². The lowest BCUT2D eigenvalue weighted by atomic mass is 9.83. The first kappa shape index (κ1) is 26.7. The van der Waals surface area contributed by atoms with Crippen LogP contribution in [0.2, 0.25) is 0 Å². The molecule has 0 spiro atoms. The number of methoxy groups -OCH3 is 3. The lowest BCUT2D eigenvalue weighted by Gasteiger charge is -2.39. The quantitative estimate of drug-likeness (QED) is 0.453. The highest BCUT2D eigenvalue weighted by molar-refractivity contribution is 6.09. The summed E-state index contributed by atoms with van der Waals surface area (Å²) in [4.78, 5) is 32.9. The Morgan fingerprint density at radius 2 is 1.95 bits per heavy atom. The van der Waals surface area contributed by atoms with Gasteiger partial charge in [-0.1, -0.05) is 18.2 Å². The molecule has 2 unspecified atom stereocenters. The number of pyridine rings is 1. The average Bonchev–Trinajstić information content (AvgIpc) is 3.29. The fraction of sp³-hybridized carbons (Fsp3) is 0.387. The summed E-state index contributed by atoms with van der Waals surface area (Å²) in [5.41, 5.74) is 5.16. The molecule has 8 nitrogen and oxygen atoms in total. The molecule has 0 amide bonds. The van der Waals surface area contributed by atoms with Gasteiger partial charge in [0, 0.05) is 37.2 Å². The number of benzene rings is 1. The molecule has 0 fully saturated rings. The van der Waals surface area contributed by atoms with E-state index in [1.165, 1.54) is 7.11 Å². The average molecular weight is 531 g/mol. The minimum absolute atomic E-state index is 0.215. The van der Waals surface area contributed by atoms with Crippen LogP contribution < -0.4 is 0 Å². The summed E-state index contributed by atoms with van der Waals surface area (Å²) in [5, 5.41) is 0.935. The molecule has 5 rings (SSSR count). The standard InChI is InChI=1S/C31H34N2O6/c1-6-39-30(35)28-27(21-13-15-32-23-10-8-7-9-20(21)23)24(11-12-26(34)37-4)33-16-14-19-18-31(2,38-5)25(36-3)17-22(19)29(28)33/h7-10,13,15,17-18,24H,6,11-12,14,16H2,1-5H3. The van der Waals surface area contributed by atoms with Crippen LogP contribution in [0.3, 0.4) is 0 Å². The Morgan fingerprint density at radius 3 is 2.67 bits per heavy atom. The van der Waals surface area contributed by atoms with Crippen LogP contribution in [0.5, 0.6) is 0 Å². The normalized spacial score (nSPS) is 22.3. The summed E-state index contributed by atoms with van der Waals surface area (Å²) in [6.07, 6.45) is 7.27. The monoisotopic (exact) mass is 530 g/mol. The van der Waals surface area contributed by atoms with Gasteiger partial charge >= 0.3 is 11.9 Å². The van der Waals surface area contributed by atoms with Crippen LogP contribution in [-0.2, 0) is 28.5 Å². The number of aromatic nitrogens is 1. The van der Waals surface area contributed by atoms with E-state index in [1.807, 2.05) is 43.3 Å². The van der Waals surface area contributed by atoms with E-state index in [0.29, 0.717) is 24.3 Å². The molecule has 1 aromatic carbocycles. The highest BCUT2D eigenvalue weighted by Gasteiger charge is 2.46. The lowest BCUT2D eigenvalue weighted by molar-refractivity contribution is -0.141. The molecule has 204 valence electrons. The van der Waals surface area contributed by atoms with Crippen LogP contribution in [0.4, 0.5) is 0 Å². The number of fused-ring (bicyclic) bond motifs is 3. The van der Waals surface area contributed by atoms with E-state index in [9.17, 15) is 9.59 Å². The number of nitrogens with zero attached hydrogens (tertiary/aromatic N) is 2.